The van der Waals surface area contributed by atoms with Gasteiger partial charge in [-0.2, -0.15) is 5.26 Å². The number of amidine groups is 1. The molecule has 0 aliphatic carbocycles. The smallest absolute Gasteiger partial charge is 0.211 e. The van der Waals surface area contributed by atoms with Crippen molar-refractivity contribution < 1.29 is 0 Å². The molecule has 116 valence electrons. The molecule has 0 aromatic heterocycles. The van der Waals surface area contributed by atoms with E-state index >= 15 is 0 Å². The monoisotopic (exact) mass is 326 g/mol. The zero-order valence-corrected chi connectivity index (χ0v) is 13.4. The third-order valence-electron chi connectivity index (χ3n) is 4.22. The fourth-order valence-electron chi connectivity index (χ4n) is 3.00. The van der Waals surface area contributed by atoms with Gasteiger partial charge in [-0.3, -0.25) is 9.89 Å². The van der Waals surface area contributed by atoms with Gasteiger partial charge in [-0.15, -0.1) is 0 Å². The molecule has 0 bridgehead atoms. The Morgan fingerprint density at radius 2 is 2.13 bits per heavy atom. The van der Waals surface area contributed by atoms with Crippen LogP contribution in [0.15, 0.2) is 46.1 Å². The largest absolute Gasteiger partial charge is 0.337 e. The second-order valence-electron chi connectivity index (χ2n) is 5.67. The van der Waals surface area contributed by atoms with E-state index in [2.05, 4.69) is 25.9 Å². The molecule has 0 amide bonds. The van der Waals surface area contributed by atoms with E-state index in [-0.39, 0.29) is 0 Å². The summed E-state index contributed by atoms with van der Waals surface area (Å²) in [4.78, 5) is 15.3. The Labute approximate surface area is 139 Å². The first-order chi connectivity index (χ1) is 11.2. The summed E-state index contributed by atoms with van der Waals surface area (Å²) in [5, 5.41) is 10.0. The highest BCUT2D eigenvalue weighted by molar-refractivity contribution is 6.30. The van der Waals surface area contributed by atoms with Gasteiger partial charge < -0.3 is 9.80 Å². The molecule has 0 N–H and O–H groups in total. The van der Waals surface area contributed by atoms with Crippen molar-refractivity contribution in [3.05, 3.63) is 46.7 Å². The summed E-state index contributed by atoms with van der Waals surface area (Å²) in [6.45, 7) is 2.28. The highest BCUT2D eigenvalue weighted by Crippen LogP contribution is 2.29. The lowest BCUT2D eigenvalue weighted by molar-refractivity contribution is 0.389. The maximum atomic E-state index is 9.29. The lowest BCUT2D eigenvalue weighted by Gasteiger charge is -2.35. The molecule has 1 aromatic rings. The van der Waals surface area contributed by atoms with Crippen molar-refractivity contribution >= 4 is 23.4 Å². The third kappa shape index (κ3) is 2.25. The Balaban J connectivity index is 1.73. The minimum atomic E-state index is -0.482. The first-order valence-corrected chi connectivity index (χ1v) is 7.80. The van der Waals surface area contributed by atoms with Crippen LogP contribution < -0.4 is 0 Å². The van der Waals surface area contributed by atoms with Crippen LogP contribution in [-0.4, -0.2) is 52.8 Å². The van der Waals surface area contributed by atoms with E-state index in [9.17, 15) is 5.26 Å². The average molecular weight is 327 g/mol. The number of likely N-dealkylation sites (N-methyl/N-ethyl adjacent to an activating group) is 1. The SMILES string of the molecule is CN1C2=CN3CCN=C3N(Cc3ccc(Cl)cc3)C2=NC1C#N. The molecule has 4 rings (SSSR count). The molecule has 0 saturated carbocycles. The van der Waals surface area contributed by atoms with E-state index in [1.807, 2.05) is 42.4 Å². The highest BCUT2D eigenvalue weighted by atomic mass is 35.5. The van der Waals surface area contributed by atoms with Crippen molar-refractivity contribution in [1.82, 2.24) is 14.7 Å². The predicted molar refractivity (Wildman–Crippen MR) is 88.7 cm³/mol. The number of rotatable bonds is 2. The molecule has 1 atom stereocenters. The van der Waals surface area contributed by atoms with Gasteiger partial charge in [-0.05, 0) is 17.7 Å². The van der Waals surface area contributed by atoms with Crippen LogP contribution >= 0.6 is 11.6 Å². The lowest BCUT2D eigenvalue weighted by Crippen LogP contribution is -2.48. The molecule has 3 heterocycles. The van der Waals surface area contributed by atoms with E-state index in [0.29, 0.717) is 6.54 Å². The second kappa shape index (κ2) is 5.28. The Hall–Kier alpha value is -2.52. The number of nitrogens with zero attached hydrogens (tertiary/aromatic N) is 6. The molecule has 1 unspecified atom stereocenters. The van der Waals surface area contributed by atoms with E-state index in [1.165, 1.54) is 0 Å². The van der Waals surface area contributed by atoms with E-state index in [0.717, 1.165) is 41.2 Å². The van der Waals surface area contributed by atoms with Crippen molar-refractivity contribution in [1.29, 1.82) is 5.26 Å². The summed E-state index contributed by atoms with van der Waals surface area (Å²) < 4.78 is 0. The topological polar surface area (TPSA) is 58.2 Å². The van der Waals surface area contributed by atoms with Crippen LogP contribution in [-0.2, 0) is 6.54 Å². The summed E-state index contributed by atoms with van der Waals surface area (Å²) in [6.07, 6.45) is 1.56. The molecule has 0 saturated heterocycles. The molecule has 1 aromatic carbocycles. The lowest BCUT2D eigenvalue weighted by atomic mass is 10.2. The molecule has 3 aliphatic heterocycles. The van der Waals surface area contributed by atoms with E-state index in [4.69, 9.17) is 11.6 Å². The van der Waals surface area contributed by atoms with Crippen LogP contribution in [0.4, 0.5) is 0 Å². The van der Waals surface area contributed by atoms with Gasteiger partial charge >= 0.3 is 0 Å². The molecule has 23 heavy (non-hydrogen) atoms. The molecule has 7 heteroatoms. The Kier molecular flexibility index (Phi) is 3.24. The molecule has 0 spiro atoms. The van der Waals surface area contributed by atoms with Crippen LogP contribution in [0.1, 0.15) is 5.56 Å². The van der Waals surface area contributed by atoms with Crippen LogP contribution in [0.3, 0.4) is 0 Å². The standard InChI is InChI=1S/C16H15ClN6/c1-21-13-10-22-7-6-19-16(22)23(15(13)20-14(21)8-18)9-11-2-4-12(17)5-3-11/h2-5,10,14H,6-7,9H2,1H3. The molecule has 6 nitrogen and oxygen atoms in total. The van der Waals surface area contributed by atoms with Gasteiger partial charge in [0.05, 0.1) is 18.8 Å². The first kappa shape index (κ1) is 14.1. The third-order valence-corrected chi connectivity index (χ3v) is 4.47. The van der Waals surface area contributed by atoms with E-state index in [1.54, 1.807) is 0 Å². The minimum absolute atomic E-state index is 0.482. The van der Waals surface area contributed by atoms with Gasteiger partial charge in [-0.25, -0.2) is 4.99 Å². The van der Waals surface area contributed by atoms with E-state index < -0.39 is 6.17 Å². The molecular formula is C16H15ClN6. The second-order valence-corrected chi connectivity index (χ2v) is 6.10. The first-order valence-electron chi connectivity index (χ1n) is 7.43. The Morgan fingerprint density at radius 3 is 2.87 bits per heavy atom. The molecule has 3 aliphatic rings. The summed E-state index contributed by atoms with van der Waals surface area (Å²) in [5.74, 6) is 1.71. The predicted octanol–water partition coefficient (Wildman–Crippen LogP) is 1.86. The van der Waals surface area contributed by atoms with Gasteiger partial charge in [0.15, 0.2) is 5.84 Å². The molecule has 0 radical (unpaired) electrons. The number of hydrogen-bond donors (Lipinski definition) is 0. The number of fused-ring (bicyclic) bond motifs is 2. The maximum Gasteiger partial charge on any atom is 0.211 e. The van der Waals surface area contributed by atoms with Gasteiger partial charge in [0, 0.05) is 24.8 Å². The fourth-order valence-corrected chi connectivity index (χ4v) is 3.13. The normalized spacial score (nSPS) is 22.2. The van der Waals surface area contributed by atoms with Gasteiger partial charge in [0.25, 0.3) is 0 Å². The Morgan fingerprint density at radius 1 is 1.35 bits per heavy atom. The summed E-state index contributed by atoms with van der Waals surface area (Å²) in [6, 6.07) is 9.99. The van der Waals surface area contributed by atoms with Crippen LogP contribution in [0.2, 0.25) is 5.02 Å². The molecule has 0 fully saturated rings. The highest BCUT2D eigenvalue weighted by Gasteiger charge is 2.39. The number of benzene rings is 1. The average Bonchev–Trinajstić information content (AvgIpc) is 3.14. The number of hydrogen-bond acceptors (Lipinski definition) is 6. The van der Waals surface area contributed by atoms with Crippen molar-refractivity contribution in [3.63, 3.8) is 0 Å². The summed E-state index contributed by atoms with van der Waals surface area (Å²) >= 11 is 5.97. The van der Waals surface area contributed by atoms with Gasteiger partial charge in [0.2, 0.25) is 12.1 Å². The zero-order valence-electron chi connectivity index (χ0n) is 12.6. The number of aliphatic imine (C=N–C) groups is 2. The fraction of sp³-hybridized carbons (Fsp3) is 0.312. The minimum Gasteiger partial charge on any atom is -0.337 e. The van der Waals surface area contributed by atoms with Crippen LogP contribution in [0.25, 0.3) is 0 Å². The van der Waals surface area contributed by atoms with Crippen molar-refractivity contribution in [3.8, 4) is 6.07 Å². The Bertz CT molecular complexity index is 773. The van der Waals surface area contributed by atoms with Crippen LogP contribution in [0, 0.1) is 11.3 Å². The molecular weight excluding hydrogens is 312 g/mol. The van der Waals surface area contributed by atoms with Crippen LogP contribution in [0.5, 0.6) is 0 Å². The summed E-state index contributed by atoms with van der Waals surface area (Å²) in [7, 11) is 1.90. The summed E-state index contributed by atoms with van der Waals surface area (Å²) in [5.41, 5.74) is 2.09. The van der Waals surface area contributed by atoms with Gasteiger partial charge in [-0.1, -0.05) is 23.7 Å². The zero-order chi connectivity index (χ0) is 16.0. The quantitative estimate of drug-likeness (QED) is 0.832. The van der Waals surface area contributed by atoms with Crippen molar-refractivity contribution in [2.75, 3.05) is 20.1 Å². The van der Waals surface area contributed by atoms with Crippen molar-refractivity contribution in [2.24, 2.45) is 9.98 Å². The maximum absolute atomic E-state index is 9.29. The van der Waals surface area contributed by atoms with Crippen molar-refractivity contribution in [2.45, 2.75) is 12.7 Å². The van der Waals surface area contributed by atoms with Gasteiger partial charge in [0.1, 0.15) is 6.07 Å². The number of halogens is 1. The number of nitriles is 1. The number of guanidine groups is 1.